The van der Waals surface area contributed by atoms with Gasteiger partial charge >= 0.3 is 6.09 Å². The van der Waals surface area contributed by atoms with Crippen molar-refractivity contribution in [1.82, 2.24) is 39.2 Å². The summed E-state index contributed by atoms with van der Waals surface area (Å²) in [7, 11) is 1.40. The predicted molar refractivity (Wildman–Crippen MR) is 283 cm³/mol. The van der Waals surface area contributed by atoms with Crippen LogP contribution in [0.4, 0.5) is 4.79 Å². The normalized spacial score (nSPS) is 22.9. The summed E-state index contributed by atoms with van der Waals surface area (Å²) in [5, 5.41) is 0. The first-order valence-electron chi connectivity index (χ1n) is 27.0. The molecule has 0 saturated carbocycles. The van der Waals surface area contributed by atoms with E-state index in [4.69, 9.17) is 4.74 Å². The van der Waals surface area contributed by atoms with Crippen molar-refractivity contribution in [3.8, 4) is 0 Å². The van der Waals surface area contributed by atoms with Crippen LogP contribution < -0.4 is 0 Å². The van der Waals surface area contributed by atoms with E-state index in [0.717, 1.165) is 31.5 Å². The van der Waals surface area contributed by atoms with Crippen LogP contribution in [0.25, 0.3) is 0 Å². The topological polar surface area (TPSA) is 138 Å². The number of piperazine rings is 3. The molecule has 2 unspecified atom stereocenters. The molecule has 0 spiro atoms. The van der Waals surface area contributed by atoms with Gasteiger partial charge in [-0.3, -0.25) is 28.9 Å². The van der Waals surface area contributed by atoms with Gasteiger partial charge in [-0.05, 0) is 62.7 Å². The lowest BCUT2D eigenvalue weighted by molar-refractivity contribution is -0.144. The first kappa shape index (κ1) is 62.2. The summed E-state index contributed by atoms with van der Waals surface area (Å²) in [6.45, 7) is 50.0. The second kappa shape index (κ2) is 29.0. The zero-order valence-corrected chi connectivity index (χ0v) is 47.8. The van der Waals surface area contributed by atoms with Crippen molar-refractivity contribution in [3.63, 3.8) is 0 Å². The summed E-state index contributed by atoms with van der Waals surface area (Å²) in [4.78, 5) is 87.6. The van der Waals surface area contributed by atoms with Gasteiger partial charge in [0.1, 0.15) is 0 Å². The maximum absolute atomic E-state index is 12.2. The van der Waals surface area contributed by atoms with E-state index in [1.54, 1.807) is 18.7 Å². The average Bonchev–Trinajstić information content (AvgIpc) is 3.82. The van der Waals surface area contributed by atoms with Crippen LogP contribution in [0, 0.1) is 47.3 Å². The molecule has 5 aliphatic heterocycles. The van der Waals surface area contributed by atoms with Gasteiger partial charge in [0, 0.05) is 146 Å². The highest BCUT2D eigenvalue weighted by Crippen LogP contribution is 2.35. The fraction of sp³-hybridized carbons (Fsp3) is 0.855. The third-order valence-corrected chi connectivity index (χ3v) is 14.6. The van der Waals surface area contributed by atoms with E-state index in [-0.39, 0.29) is 65.5 Å². The quantitative estimate of drug-likeness (QED) is 0.205. The number of ether oxygens (including phenoxy) is 1. The van der Waals surface area contributed by atoms with Gasteiger partial charge in [-0.15, -0.1) is 0 Å². The molecule has 6 amide bonds. The maximum atomic E-state index is 12.2. The monoisotopic (exact) mass is 987 g/mol. The van der Waals surface area contributed by atoms with Crippen molar-refractivity contribution in [2.24, 2.45) is 47.3 Å². The molecular weight excluding hydrogens is 885 g/mol. The fourth-order valence-corrected chi connectivity index (χ4v) is 10.5. The minimum Gasteiger partial charge on any atom is -0.453 e. The van der Waals surface area contributed by atoms with Crippen molar-refractivity contribution in [1.29, 1.82) is 0 Å². The summed E-state index contributed by atoms with van der Waals surface area (Å²) in [5.41, 5.74) is 1.34. The Hall–Kier alpha value is -3.88. The van der Waals surface area contributed by atoms with Crippen LogP contribution in [0.3, 0.4) is 0 Å². The number of amides is 6. The third kappa shape index (κ3) is 18.6. The minimum absolute atomic E-state index is 0.00233. The third-order valence-electron chi connectivity index (χ3n) is 14.6. The zero-order valence-electron chi connectivity index (χ0n) is 47.8. The predicted octanol–water partition coefficient (Wildman–Crippen LogP) is 7.64. The highest BCUT2D eigenvalue weighted by molar-refractivity contribution is 5.80. The molecule has 5 fully saturated rings. The summed E-state index contributed by atoms with van der Waals surface area (Å²) >= 11 is 0. The Bertz CT molecular complexity index is 1640. The fourth-order valence-electron chi connectivity index (χ4n) is 10.5. The summed E-state index contributed by atoms with van der Waals surface area (Å²) < 4.78 is 4.80. The molecule has 0 radical (unpaired) electrons. The summed E-state index contributed by atoms with van der Waals surface area (Å²) in [6.07, 6.45) is 2.97. The molecule has 2 bridgehead atoms. The molecule has 5 rings (SSSR count). The van der Waals surface area contributed by atoms with Gasteiger partial charge < -0.3 is 39.0 Å². The van der Waals surface area contributed by atoms with Crippen molar-refractivity contribution in [3.05, 3.63) is 12.3 Å². The molecule has 0 N–H and O–H groups in total. The lowest BCUT2D eigenvalue weighted by Crippen LogP contribution is -2.57. The molecule has 0 aromatic rings. The first-order chi connectivity index (χ1) is 32.5. The first-order valence-corrected chi connectivity index (χ1v) is 27.0. The van der Waals surface area contributed by atoms with Gasteiger partial charge in [-0.1, -0.05) is 104 Å². The van der Waals surface area contributed by atoms with Crippen LogP contribution in [0.1, 0.15) is 144 Å². The van der Waals surface area contributed by atoms with Crippen LogP contribution in [0.5, 0.6) is 0 Å². The number of carbonyl (C=O) groups excluding carboxylic acids is 6. The SMILES string of the molecule is C=C(C(C)C)N1CC2CC1CN2C(C)C.CC(=O)N1CCN(C(=O)C(C)C)C[C@@H]1CC(C)C.CC(=O)N1CCN(C(=O)C(C)C)C[C@H]1CC(C)C.COC(=O)N1CCN(C(=O)C(C)C)C[C@@H](C(C)C)C1. The van der Waals surface area contributed by atoms with Crippen LogP contribution in [-0.2, 0) is 28.7 Å². The van der Waals surface area contributed by atoms with E-state index in [1.165, 1.54) is 32.3 Å². The Morgan fingerprint density at radius 1 is 0.486 bits per heavy atom. The standard InChI is InChI=1S/C14H26N2O3.2C14H26N2O2.C13H24N2/c1-10(2)12-8-15(13(17)11(3)4)6-7-16(9-12)14(18)19-5;2*1-10(2)8-13-9-15(14(18)11(3)4)6-7-16(13)12(5)17;1-9(2)11(5)15-8-12-6-13(15)7-14(12)10(3)4/h10-12H,6-9H2,1-5H3;2*10-11,13H,6-9H2,1-5H3;9-10,12-13H,5-8H2,1-4H3/t12-;2*13-;/m110./s1. The largest absolute Gasteiger partial charge is 0.453 e. The number of allylic oxidation sites excluding steroid dienone is 1. The molecule has 0 aromatic heterocycles. The van der Waals surface area contributed by atoms with Gasteiger partial charge in [0.05, 0.1) is 7.11 Å². The van der Waals surface area contributed by atoms with Crippen molar-refractivity contribution >= 4 is 35.6 Å². The van der Waals surface area contributed by atoms with E-state index in [0.29, 0.717) is 94.5 Å². The molecule has 0 aliphatic carbocycles. The average molecular weight is 987 g/mol. The van der Waals surface area contributed by atoms with E-state index >= 15 is 0 Å². The smallest absolute Gasteiger partial charge is 0.409 e. The van der Waals surface area contributed by atoms with Crippen LogP contribution in [0.15, 0.2) is 12.3 Å². The Morgan fingerprint density at radius 3 is 1.19 bits per heavy atom. The van der Waals surface area contributed by atoms with Gasteiger partial charge in [-0.25, -0.2) is 4.79 Å². The molecule has 5 atom stereocenters. The Labute approximate surface area is 426 Å². The number of fused-ring (bicyclic) bond motifs is 2. The van der Waals surface area contributed by atoms with Gasteiger partial charge in [0.25, 0.3) is 0 Å². The number of likely N-dealkylation sites (tertiary alicyclic amines) is 2. The molecule has 5 saturated heterocycles. The zero-order chi connectivity index (χ0) is 53.5. The van der Waals surface area contributed by atoms with Crippen LogP contribution in [0.2, 0.25) is 0 Å². The number of hydrogen-bond acceptors (Lipinski definition) is 9. The van der Waals surface area contributed by atoms with E-state index in [9.17, 15) is 28.8 Å². The number of nitrogens with zero attached hydrogens (tertiary/aromatic N) is 8. The lowest BCUT2D eigenvalue weighted by Gasteiger charge is -2.42. The Kier molecular flexibility index (Phi) is 25.8. The van der Waals surface area contributed by atoms with E-state index < -0.39 is 0 Å². The van der Waals surface area contributed by atoms with Crippen molar-refractivity contribution in [2.45, 2.75) is 174 Å². The molecule has 5 aliphatic rings. The molecule has 0 aromatic carbocycles. The van der Waals surface area contributed by atoms with E-state index in [2.05, 4.69) is 85.6 Å². The summed E-state index contributed by atoms with van der Waals surface area (Å²) in [5.74, 6) is 3.26. The van der Waals surface area contributed by atoms with Crippen molar-refractivity contribution < 1.29 is 33.5 Å². The molecule has 70 heavy (non-hydrogen) atoms. The maximum Gasteiger partial charge on any atom is 0.409 e. The molecule has 404 valence electrons. The highest BCUT2D eigenvalue weighted by Gasteiger charge is 2.44. The van der Waals surface area contributed by atoms with Gasteiger partial charge in [0.15, 0.2) is 0 Å². The number of hydrogen-bond donors (Lipinski definition) is 0. The highest BCUT2D eigenvalue weighted by atomic mass is 16.5. The van der Waals surface area contributed by atoms with Gasteiger partial charge in [-0.2, -0.15) is 0 Å². The lowest BCUT2D eigenvalue weighted by atomic mass is 9.95. The molecular formula is C55H102N8O7. The second-order valence-electron chi connectivity index (χ2n) is 23.4. The van der Waals surface area contributed by atoms with E-state index in [1.807, 2.05) is 66.0 Å². The van der Waals surface area contributed by atoms with Crippen molar-refractivity contribution in [2.75, 3.05) is 85.6 Å². The Morgan fingerprint density at radius 2 is 0.871 bits per heavy atom. The molecule has 5 heterocycles. The van der Waals surface area contributed by atoms with Gasteiger partial charge in [0.2, 0.25) is 29.5 Å². The second-order valence-corrected chi connectivity index (χ2v) is 23.4. The summed E-state index contributed by atoms with van der Waals surface area (Å²) in [6, 6.07) is 2.59. The number of carbonyl (C=O) groups is 6. The Balaban J connectivity index is 0.000000321. The minimum atomic E-state index is -0.301. The molecule has 15 nitrogen and oxygen atoms in total. The number of rotatable bonds is 11. The number of methoxy groups -OCH3 is 1. The molecule has 15 heteroatoms. The van der Waals surface area contributed by atoms with Crippen LogP contribution in [-0.4, -0.2) is 191 Å². The van der Waals surface area contributed by atoms with Crippen LogP contribution >= 0.6 is 0 Å².